The zero-order chi connectivity index (χ0) is 17.8. The van der Waals surface area contributed by atoms with Crippen LogP contribution in [-0.4, -0.2) is 23.4 Å². The molecule has 0 radical (unpaired) electrons. The number of carbonyl (C=O) groups is 1. The molecule has 3 nitrogen and oxygen atoms in total. The number of amides is 1. The predicted octanol–water partition coefficient (Wildman–Crippen LogP) is 3.86. The Balaban J connectivity index is 1.68. The van der Waals surface area contributed by atoms with E-state index in [1.54, 1.807) is 0 Å². The number of aryl methyl sites for hydroxylation is 1. The van der Waals surface area contributed by atoms with Crippen molar-refractivity contribution in [3.8, 4) is 0 Å². The number of hydrogen-bond acceptors (Lipinski definition) is 2. The summed E-state index contributed by atoms with van der Waals surface area (Å²) in [6.07, 6.45) is 3.09. The fourth-order valence-corrected chi connectivity index (χ4v) is 3.71. The first-order valence-corrected chi connectivity index (χ1v) is 9.23. The van der Waals surface area contributed by atoms with Crippen molar-refractivity contribution in [1.82, 2.24) is 4.90 Å². The largest absolute Gasteiger partial charge is 0.339 e. The van der Waals surface area contributed by atoms with Crippen molar-refractivity contribution in [2.75, 3.05) is 6.54 Å². The number of nitrogens with two attached hydrogens (primary N) is 1. The summed E-state index contributed by atoms with van der Waals surface area (Å²) in [6, 6.07) is 18.6. The van der Waals surface area contributed by atoms with Crippen LogP contribution in [0.1, 0.15) is 42.5 Å². The van der Waals surface area contributed by atoms with E-state index in [0.29, 0.717) is 6.04 Å². The van der Waals surface area contributed by atoms with Gasteiger partial charge in [-0.1, -0.05) is 67.1 Å². The number of likely N-dealkylation sites (tertiary alicyclic amines) is 1. The predicted molar refractivity (Wildman–Crippen MR) is 102 cm³/mol. The van der Waals surface area contributed by atoms with Crippen molar-refractivity contribution < 1.29 is 4.79 Å². The van der Waals surface area contributed by atoms with E-state index in [9.17, 15) is 4.79 Å². The number of rotatable bonds is 5. The summed E-state index contributed by atoms with van der Waals surface area (Å²) in [5.74, 6) is -0.0213. The van der Waals surface area contributed by atoms with E-state index in [2.05, 4.69) is 36.1 Å². The molecule has 2 aromatic rings. The van der Waals surface area contributed by atoms with Crippen molar-refractivity contribution in [2.45, 2.75) is 45.2 Å². The minimum absolute atomic E-state index is 0.186. The summed E-state index contributed by atoms with van der Waals surface area (Å²) in [5, 5.41) is 0. The quantitative estimate of drug-likeness (QED) is 0.901. The van der Waals surface area contributed by atoms with Gasteiger partial charge in [0.1, 0.15) is 0 Å². The van der Waals surface area contributed by atoms with Crippen molar-refractivity contribution >= 4 is 5.91 Å². The zero-order valence-corrected chi connectivity index (χ0v) is 15.2. The molecule has 1 heterocycles. The fraction of sp³-hybridized carbons (Fsp3) is 0.409. The van der Waals surface area contributed by atoms with Crippen LogP contribution in [0.5, 0.6) is 0 Å². The molecule has 1 fully saturated rings. The molecule has 0 saturated carbocycles. The van der Waals surface area contributed by atoms with Gasteiger partial charge < -0.3 is 10.6 Å². The summed E-state index contributed by atoms with van der Waals surface area (Å²) in [7, 11) is 0. The minimum Gasteiger partial charge on any atom is -0.339 e. The highest BCUT2D eigenvalue weighted by atomic mass is 16.2. The van der Waals surface area contributed by atoms with Gasteiger partial charge in [-0.2, -0.15) is 0 Å². The molecule has 1 saturated heterocycles. The SMILES string of the molecule is Cc1ccc(CC2CCCN2C(=O)C(C)C(N)c2ccccc2)cc1. The lowest BCUT2D eigenvalue weighted by Crippen LogP contribution is -2.42. The Bertz CT molecular complexity index is 696. The third kappa shape index (κ3) is 4.10. The third-order valence-electron chi connectivity index (χ3n) is 5.36. The molecule has 25 heavy (non-hydrogen) atoms. The topological polar surface area (TPSA) is 46.3 Å². The van der Waals surface area contributed by atoms with Crippen LogP contribution in [0.15, 0.2) is 54.6 Å². The monoisotopic (exact) mass is 336 g/mol. The summed E-state index contributed by atoms with van der Waals surface area (Å²) in [5.41, 5.74) is 9.97. The van der Waals surface area contributed by atoms with Crippen LogP contribution in [0.3, 0.4) is 0 Å². The van der Waals surface area contributed by atoms with Crippen LogP contribution < -0.4 is 5.73 Å². The first kappa shape index (κ1) is 17.7. The molecule has 0 aromatic heterocycles. The number of hydrogen-bond donors (Lipinski definition) is 1. The molecule has 3 unspecified atom stereocenters. The summed E-state index contributed by atoms with van der Waals surface area (Å²) < 4.78 is 0. The lowest BCUT2D eigenvalue weighted by molar-refractivity contribution is -0.136. The molecule has 3 rings (SSSR count). The zero-order valence-electron chi connectivity index (χ0n) is 15.2. The molecule has 0 spiro atoms. The van der Waals surface area contributed by atoms with E-state index in [-0.39, 0.29) is 17.9 Å². The maximum Gasteiger partial charge on any atom is 0.227 e. The standard InChI is InChI=1S/C22H28N2O/c1-16-10-12-18(13-11-16)15-20-9-6-14-24(20)22(25)17(2)21(23)19-7-4-3-5-8-19/h3-5,7-8,10-13,17,20-21H,6,9,14-15,23H2,1-2H3. The van der Waals surface area contributed by atoms with Gasteiger partial charge in [-0.3, -0.25) is 4.79 Å². The second kappa shape index (κ2) is 7.83. The highest BCUT2D eigenvalue weighted by Crippen LogP contribution is 2.27. The number of benzene rings is 2. The van der Waals surface area contributed by atoms with E-state index >= 15 is 0 Å². The number of nitrogens with zero attached hydrogens (tertiary/aromatic N) is 1. The Hall–Kier alpha value is -2.13. The van der Waals surface area contributed by atoms with Gasteiger partial charge in [-0.25, -0.2) is 0 Å². The normalized spacial score (nSPS) is 19.6. The van der Waals surface area contributed by atoms with Crippen molar-refractivity contribution in [2.24, 2.45) is 11.7 Å². The third-order valence-corrected chi connectivity index (χ3v) is 5.36. The summed E-state index contributed by atoms with van der Waals surface area (Å²) >= 11 is 0. The van der Waals surface area contributed by atoms with Crippen LogP contribution in [0.4, 0.5) is 0 Å². The molecule has 0 bridgehead atoms. The molecular weight excluding hydrogens is 308 g/mol. The van der Waals surface area contributed by atoms with Crippen LogP contribution in [-0.2, 0) is 11.2 Å². The Morgan fingerprint density at radius 3 is 2.52 bits per heavy atom. The van der Waals surface area contributed by atoms with Crippen molar-refractivity contribution in [3.63, 3.8) is 0 Å². The maximum absolute atomic E-state index is 13.1. The van der Waals surface area contributed by atoms with Crippen molar-refractivity contribution in [3.05, 3.63) is 71.3 Å². The van der Waals surface area contributed by atoms with Gasteiger partial charge in [-0.15, -0.1) is 0 Å². The molecule has 3 atom stereocenters. The fourth-order valence-electron chi connectivity index (χ4n) is 3.71. The van der Waals surface area contributed by atoms with Crippen LogP contribution in [0.25, 0.3) is 0 Å². The molecular formula is C22H28N2O. The second-order valence-corrected chi connectivity index (χ2v) is 7.24. The molecule has 2 N–H and O–H groups in total. The highest BCUT2D eigenvalue weighted by Gasteiger charge is 2.33. The van der Waals surface area contributed by atoms with Gasteiger partial charge in [-0.05, 0) is 37.3 Å². The minimum atomic E-state index is -0.255. The van der Waals surface area contributed by atoms with Gasteiger partial charge in [0, 0.05) is 18.6 Å². The lowest BCUT2D eigenvalue weighted by atomic mass is 9.93. The van der Waals surface area contributed by atoms with E-state index in [1.165, 1.54) is 11.1 Å². The molecule has 1 aliphatic rings. The van der Waals surface area contributed by atoms with E-state index < -0.39 is 0 Å². The van der Waals surface area contributed by atoms with E-state index in [1.807, 2.05) is 37.3 Å². The second-order valence-electron chi connectivity index (χ2n) is 7.24. The Morgan fingerprint density at radius 2 is 1.84 bits per heavy atom. The van der Waals surface area contributed by atoms with Gasteiger partial charge in [0.25, 0.3) is 0 Å². The molecule has 0 aliphatic carbocycles. The smallest absolute Gasteiger partial charge is 0.227 e. The Kier molecular flexibility index (Phi) is 5.54. The van der Waals surface area contributed by atoms with Gasteiger partial charge in [0.15, 0.2) is 0 Å². The molecule has 3 heteroatoms. The molecule has 1 amide bonds. The summed E-state index contributed by atoms with van der Waals surface area (Å²) in [6.45, 7) is 4.91. The molecule has 132 valence electrons. The maximum atomic E-state index is 13.1. The van der Waals surface area contributed by atoms with Crippen LogP contribution in [0, 0.1) is 12.8 Å². The molecule has 1 aliphatic heterocycles. The van der Waals surface area contributed by atoms with E-state index in [0.717, 1.165) is 31.4 Å². The highest BCUT2D eigenvalue weighted by molar-refractivity contribution is 5.80. The van der Waals surface area contributed by atoms with Gasteiger partial charge in [0.2, 0.25) is 5.91 Å². The van der Waals surface area contributed by atoms with Gasteiger partial charge in [0.05, 0.1) is 5.92 Å². The number of carbonyl (C=O) groups excluding carboxylic acids is 1. The van der Waals surface area contributed by atoms with Crippen LogP contribution in [0.2, 0.25) is 0 Å². The first-order valence-electron chi connectivity index (χ1n) is 9.23. The van der Waals surface area contributed by atoms with Gasteiger partial charge >= 0.3 is 0 Å². The lowest BCUT2D eigenvalue weighted by Gasteiger charge is -2.30. The molecule has 2 aromatic carbocycles. The average molecular weight is 336 g/mol. The first-order chi connectivity index (χ1) is 12.1. The van der Waals surface area contributed by atoms with E-state index in [4.69, 9.17) is 5.73 Å². The Labute approximate surface area is 150 Å². The average Bonchev–Trinajstić information content (AvgIpc) is 3.10. The summed E-state index contributed by atoms with van der Waals surface area (Å²) in [4.78, 5) is 15.1. The Morgan fingerprint density at radius 1 is 1.16 bits per heavy atom. The van der Waals surface area contributed by atoms with Crippen molar-refractivity contribution in [1.29, 1.82) is 0 Å². The van der Waals surface area contributed by atoms with Crippen LogP contribution >= 0.6 is 0 Å².